The summed E-state index contributed by atoms with van der Waals surface area (Å²) in [5.41, 5.74) is 5.71. The molecule has 1 unspecified atom stereocenters. The van der Waals surface area contributed by atoms with E-state index in [2.05, 4.69) is 0 Å². The van der Waals surface area contributed by atoms with Crippen LogP contribution in [0.4, 0.5) is 0 Å². The number of halogens is 1. The van der Waals surface area contributed by atoms with Crippen LogP contribution >= 0.6 is 11.6 Å². The van der Waals surface area contributed by atoms with E-state index in [1.807, 2.05) is 0 Å². The van der Waals surface area contributed by atoms with Crippen molar-refractivity contribution >= 4 is 21.6 Å². The van der Waals surface area contributed by atoms with Crippen molar-refractivity contribution in [1.29, 1.82) is 0 Å². The number of ether oxygens (including phenoxy) is 1. The van der Waals surface area contributed by atoms with Gasteiger partial charge >= 0.3 is 0 Å². The van der Waals surface area contributed by atoms with Crippen molar-refractivity contribution in [2.45, 2.75) is 23.8 Å². The van der Waals surface area contributed by atoms with Gasteiger partial charge in [0.25, 0.3) is 0 Å². The summed E-state index contributed by atoms with van der Waals surface area (Å²) in [5.74, 6) is 0.819. The third-order valence-electron chi connectivity index (χ3n) is 3.67. The molecule has 2 N–H and O–H groups in total. The summed E-state index contributed by atoms with van der Waals surface area (Å²) in [7, 11) is -0.532. The fourth-order valence-electron chi connectivity index (χ4n) is 2.27. The van der Waals surface area contributed by atoms with Crippen LogP contribution in [-0.4, -0.2) is 39.5 Å². The third kappa shape index (κ3) is 2.93. The SMILES string of the molecule is COc1ccc(S(=O)(=O)N(C)C(CN)C2CC2)cc1Cl. The van der Waals surface area contributed by atoms with E-state index < -0.39 is 10.0 Å². The zero-order valence-electron chi connectivity index (χ0n) is 11.5. The normalized spacial score (nSPS) is 17.2. The Labute approximate surface area is 124 Å². The molecule has 0 aliphatic heterocycles. The minimum Gasteiger partial charge on any atom is -0.495 e. The molecule has 0 saturated heterocycles. The van der Waals surface area contributed by atoms with E-state index in [0.717, 1.165) is 12.8 Å². The topological polar surface area (TPSA) is 72.6 Å². The van der Waals surface area contributed by atoms with Gasteiger partial charge in [-0.1, -0.05) is 11.6 Å². The van der Waals surface area contributed by atoms with E-state index in [-0.39, 0.29) is 16.0 Å². The molecule has 1 atom stereocenters. The van der Waals surface area contributed by atoms with Crippen LogP contribution in [0.15, 0.2) is 23.1 Å². The zero-order chi connectivity index (χ0) is 14.9. The lowest BCUT2D eigenvalue weighted by molar-refractivity contribution is 0.340. The molecule has 0 bridgehead atoms. The number of hydrogen-bond donors (Lipinski definition) is 1. The molecule has 0 aromatic heterocycles. The standard InChI is InChI=1S/C13H19ClN2O3S/c1-16(12(8-15)9-3-4-9)20(17,18)10-5-6-13(19-2)11(14)7-10/h5-7,9,12H,3-4,8,15H2,1-2H3. The molecule has 0 radical (unpaired) electrons. The van der Waals surface area contributed by atoms with Crippen molar-refractivity contribution in [2.24, 2.45) is 11.7 Å². The van der Waals surface area contributed by atoms with Crippen molar-refractivity contribution in [1.82, 2.24) is 4.31 Å². The first-order valence-corrected chi connectivity index (χ1v) is 8.25. The number of nitrogens with two attached hydrogens (primary N) is 1. The smallest absolute Gasteiger partial charge is 0.243 e. The third-order valence-corrected chi connectivity index (χ3v) is 5.85. The van der Waals surface area contributed by atoms with Crippen molar-refractivity contribution in [3.63, 3.8) is 0 Å². The summed E-state index contributed by atoms with van der Waals surface area (Å²) in [6, 6.07) is 4.31. The molecular formula is C13H19ClN2O3S. The second kappa shape index (κ2) is 5.89. The average molecular weight is 319 g/mol. The van der Waals surface area contributed by atoms with Gasteiger partial charge in [0, 0.05) is 19.6 Å². The highest BCUT2D eigenvalue weighted by molar-refractivity contribution is 7.89. The second-order valence-electron chi connectivity index (χ2n) is 4.96. The molecule has 20 heavy (non-hydrogen) atoms. The minimum absolute atomic E-state index is 0.152. The van der Waals surface area contributed by atoms with E-state index in [4.69, 9.17) is 22.1 Å². The highest BCUT2D eigenvalue weighted by atomic mass is 35.5. The maximum atomic E-state index is 12.6. The predicted molar refractivity (Wildman–Crippen MR) is 78.5 cm³/mol. The Morgan fingerprint density at radius 3 is 2.60 bits per heavy atom. The van der Waals surface area contributed by atoms with Crippen LogP contribution < -0.4 is 10.5 Å². The lowest BCUT2D eigenvalue weighted by Gasteiger charge is -2.26. The van der Waals surface area contributed by atoms with Crippen LogP contribution in [0.2, 0.25) is 5.02 Å². The zero-order valence-corrected chi connectivity index (χ0v) is 13.1. The quantitative estimate of drug-likeness (QED) is 0.866. The molecule has 0 amide bonds. The first-order valence-electron chi connectivity index (χ1n) is 6.43. The molecule has 1 aliphatic rings. The molecule has 5 nitrogen and oxygen atoms in total. The Morgan fingerprint density at radius 2 is 2.15 bits per heavy atom. The van der Waals surface area contributed by atoms with E-state index in [0.29, 0.717) is 18.2 Å². The number of likely N-dealkylation sites (N-methyl/N-ethyl adjacent to an activating group) is 1. The molecule has 1 saturated carbocycles. The molecule has 0 spiro atoms. The predicted octanol–water partition coefficient (Wildman–Crippen LogP) is 1.71. The highest BCUT2D eigenvalue weighted by Crippen LogP contribution is 2.37. The summed E-state index contributed by atoms with van der Waals surface area (Å²) in [6.07, 6.45) is 2.07. The molecule has 2 rings (SSSR count). The molecule has 0 heterocycles. The number of methoxy groups -OCH3 is 1. The molecule has 112 valence electrons. The van der Waals surface area contributed by atoms with E-state index in [1.54, 1.807) is 13.1 Å². The maximum Gasteiger partial charge on any atom is 0.243 e. The van der Waals surface area contributed by atoms with E-state index in [9.17, 15) is 8.42 Å². The Hall–Kier alpha value is -0.820. The van der Waals surface area contributed by atoms with Gasteiger partial charge in [-0.3, -0.25) is 0 Å². The van der Waals surface area contributed by atoms with E-state index in [1.165, 1.54) is 23.5 Å². The molecular weight excluding hydrogens is 300 g/mol. The summed E-state index contributed by atoms with van der Waals surface area (Å²) in [5, 5.41) is 0.276. The van der Waals surface area contributed by atoms with Gasteiger partial charge in [0.05, 0.1) is 17.0 Å². The van der Waals surface area contributed by atoms with Gasteiger partial charge in [-0.15, -0.1) is 0 Å². The van der Waals surface area contributed by atoms with Crippen LogP contribution in [0.1, 0.15) is 12.8 Å². The second-order valence-corrected chi connectivity index (χ2v) is 7.36. The van der Waals surface area contributed by atoms with Gasteiger partial charge in [-0.2, -0.15) is 4.31 Å². The lowest BCUT2D eigenvalue weighted by atomic mass is 10.2. The number of rotatable bonds is 6. The number of sulfonamides is 1. The Balaban J connectivity index is 2.31. The molecule has 7 heteroatoms. The van der Waals surface area contributed by atoms with Gasteiger partial charge in [0.1, 0.15) is 5.75 Å². The molecule has 1 fully saturated rings. The summed E-state index contributed by atoms with van der Waals surface area (Å²) in [6.45, 7) is 0.324. The van der Waals surface area contributed by atoms with E-state index >= 15 is 0 Å². The highest BCUT2D eigenvalue weighted by Gasteiger charge is 2.38. The van der Waals surface area contributed by atoms with Gasteiger partial charge in [0.2, 0.25) is 10.0 Å². The number of benzene rings is 1. The Bertz CT molecular complexity index is 587. The summed E-state index contributed by atoms with van der Waals surface area (Å²) in [4.78, 5) is 0.157. The van der Waals surface area contributed by atoms with Gasteiger partial charge in [-0.05, 0) is 37.0 Å². The first-order chi connectivity index (χ1) is 9.41. The van der Waals surface area contributed by atoms with Crippen molar-refractivity contribution in [3.05, 3.63) is 23.2 Å². The minimum atomic E-state index is -3.59. The monoisotopic (exact) mass is 318 g/mol. The fourth-order valence-corrected chi connectivity index (χ4v) is 4.05. The fraction of sp³-hybridized carbons (Fsp3) is 0.538. The average Bonchev–Trinajstić information content (AvgIpc) is 3.24. The van der Waals surface area contributed by atoms with Gasteiger partial charge in [0.15, 0.2) is 0 Å². The number of hydrogen-bond acceptors (Lipinski definition) is 4. The van der Waals surface area contributed by atoms with Gasteiger partial charge < -0.3 is 10.5 Å². The lowest BCUT2D eigenvalue weighted by Crippen LogP contribution is -2.43. The first kappa shape index (κ1) is 15.6. The van der Waals surface area contributed by atoms with Crippen LogP contribution in [0, 0.1) is 5.92 Å². The van der Waals surface area contributed by atoms with Crippen molar-refractivity contribution in [2.75, 3.05) is 20.7 Å². The Morgan fingerprint density at radius 1 is 1.50 bits per heavy atom. The molecule has 1 aromatic carbocycles. The molecule has 1 aromatic rings. The number of nitrogens with zero attached hydrogens (tertiary/aromatic N) is 1. The van der Waals surface area contributed by atoms with Crippen LogP contribution in [0.5, 0.6) is 5.75 Å². The summed E-state index contributed by atoms with van der Waals surface area (Å²) < 4.78 is 31.6. The maximum absolute atomic E-state index is 12.6. The molecule has 1 aliphatic carbocycles. The van der Waals surface area contributed by atoms with Crippen LogP contribution in [-0.2, 0) is 10.0 Å². The summed E-state index contributed by atoms with van der Waals surface area (Å²) >= 11 is 6.00. The van der Waals surface area contributed by atoms with Crippen molar-refractivity contribution in [3.8, 4) is 5.75 Å². The van der Waals surface area contributed by atoms with Crippen LogP contribution in [0.25, 0.3) is 0 Å². The van der Waals surface area contributed by atoms with Crippen molar-refractivity contribution < 1.29 is 13.2 Å². The largest absolute Gasteiger partial charge is 0.495 e. The van der Waals surface area contributed by atoms with Gasteiger partial charge in [-0.25, -0.2) is 8.42 Å². The Kier molecular flexibility index (Phi) is 4.59. The van der Waals surface area contributed by atoms with Crippen LogP contribution in [0.3, 0.4) is 0 Å².